The zero-order chi connectivity index (χ0) is 16.2. The van der Waals surface area contributed by atoms with Crippen molar-refractivity contribution in [1.29, 1.82) is 0 Å². The third kappa shape index (κ3) is 2.24. The van der Waals surface area contributed by atoms with Crippen molar-refractivity contribution in [3.8, 4) is 5.75 Å². The lowest BCUT2D eigenvalue weighted by molar-refractivity contribution is -0.0273. The van der Waals surface area contributed by atoms with Crippen molar-refractivity contribution in [2.75, 3.05) is 13.7 Å². The number of ether oxygens (including phenoxy) is 1. The van der Waals surface area contributed by atoms with E-state index in [2.05, 4.69) is 13.0 Å². The van der Waals surface area contributed by atoms with Crippen molar-refractivity contribution >= 4 is 0 Å². The highest BCUT2D eigenvalue weighted by Gasteiger charge is 2.55. The summed E-state index contributed by atoms with van der Waals surface area (Å²) >= 11 is 0. The zero-order valence-corrected chi connectivity index (χ0v) is 14.2. The molecule has 0 bridgehead atoms. The van der Waals surface area contributed by atoms with Crippen molar-refractivity contribution in [2.45, 2.75) is 57.0 Å². The van der Waals surface area contributed by atoms with E-state index in [0.29, 0.717) is 36.0 Å². The molecule has 23 heavy (non-hydrogen) atoms. The van der Waals surface area contributed by atoms with E-state index in [1.807, 2.05) is 12.1 Å². The predicted molar refractivity (Wildman–Crippen MR) is 89.6 cm³/mol. The summed E-state index contributed by atoms with van der Waals surface area (Å²) in [5.41, 5.74) is 2.81. The maximum absolute atomic E-state index is 10.5. The van der Waals surface area contributed by atoms with Gasteiger partial charge in [0.2, 0.25) is 0 Å². The molecule has 0 radical (unpaired) electrons. The van der Waals surface area contributed by atoms with Gasteiger partial charge in [-0.3, -0.25) is 0 Å². The topological polar surface area (TPSA) is 49.7 Å². The van der Waals surface area contributed by atoms with E-state index in [-0.39, 0.29) is 11.5 Å². The molecule has 0 aliphatic heterocycles. The number of aromatic hydroxyl groups is 1. The maximum atomic E-state index is 10.5. The number of benzene rings is 1. The number of phenols is 1. The molecule has 3 heteroatoms. The molecule has 0 amide bonds. The van der Waals surface area contributed by atoms with Crippen LogP contribution in [0.1, 0.15) is 62.0 Å². The summed E-state index contributed by atoms with van der Waals surface area (Å²) in [6.07, 6.45) is 5.40. The van der Waals surface area contributed by atoms with E-state index >= 15 is 0 Å². The molecule has 3 aliphatic rings. The van der Waals surface area contributed by atoms with Gasteiger partial charge in [0.05, 0.1) is 12.7 Å². The number of aliphatic hydroxyl groups excluding tert-OH is 1. The lowest BCUT2D eigenvalue weighted by atomic mass is 9.54. The number of rotatable bonds is 2. The molecule has 0 saturated heterocycles. The molecule has 4 rings (SSSR count). The molecule has 0 heterocycles. The fourth-order valence-corrected chi connectivity index (χ4v) is 6.04. The van der Waals surface area contributed by atoms with E-state index < -0.39 is 0 Å². The smallest absolute Gasteiger partial charge is 0.115 e. The van der Waals surface area contributed by atoms with E-state index in [1.165, 1.54) is 11.1 Å². The van der Waals surface area contributed by atoms with Crippen LogP contribution in [0.3, 0.4) is 0 Å². The second-order valence-corrected chi connectivity index (χ2v) is 8.22. The second kappa shape index (κ2) is 5.49. The maximum Gasteiger partial charge on any atom is 0.115 e. The van der Waals surface area contributed by atoms with E-state index in [4.69, 9.17) is 4.74 Å². The van der Waals surface area contributed by atoms with Gasteiger partial charge in [0, 0.05) is 13.0 Å². The average Bonchev–Trinajstić information content (AvgIpc) is 2.83. The number of hydrogen-bond acceptors (Lipinski definition) is 3. The molecular weight excluding hydrogens is 288 g/mol. The Hall–Kier alpha value is -1.06. The lowest BCUT2D eigenvalue weighted by Gasteiger charge is -2.51. The highest BCUT2D eigenvalue weighted by atomic mass is 16.5. The van der Waals surface area contributed by atoms with Crippen LogP contribution in [-0.2, 0) is 4.74 Å². The highest BCUT2D eigenvalue weighted by Crippen LogP contribution is 2.62. The van der Waals surface area contributed by atoms with Crippen LogP contribution < -0.4 is 0 Å². The summed E-state index contributed by atoms with van der Waals surface area (Å²) in [5, 5.41) is 20.4. The van der Waals surface area contributed by atoms with Gasteiger partial charge in [-0.1, -0.05) is 13.0 Å². The summed E-state index contributed by atoms with van der Waals surface area (Å²) < 4.78 is 5.48. The number of methoxy groups -OCH3 is 1. The van der Waals surface area contributed by atoms with Gasteiger partial charge >= 0.3 is 0 Å². The Kier molecular flexibility index (Phi) is 3.69. The standard InChI is InChI=1S/C20H28O3/c1-20-8-7-15-14-4-3-13(21)10-16(14)12(11-23-2)9-17(15)18(20)5-6-19(20)22/h3-4,10,12,15,17-19,21-22H,5-9,11H2,1-2H3/t12-,15-,17-,18+,19+,20+/m1/s1. The molecule has 0 unspecified atom stereocenters. The van der Waals surface area contributed by atoms with Gasteiger partial charge in [-0.15, -0.1) is 0 Å². The number of fused-ring (bicyclic) bond motifs is 5. The van der Waals surface area contributed by atoms with E-state index in [0.717, 1.165) is 32.1 Å². The quantitative estimate of drug-likeness (QED) is 0.872. The highest BCUT2D eigenvalue weighted by molar-refractivity contribution is 5.42. The van der Waals surface area contributed by atoms with Crippen LogP contribution in [0.15, 0.2) is 18.2 Å². The monoisotopic (exact) mass is 316 g/mol. The number of hydrogen-bond donors (Lipinski definition) is 2. The van der Waals surface area contributed by atoms with Gasteiger partial charge in [0.15, 0.2) is 0 Å². The summed E-state index contributed by atoms with van der Waals surface area (Å²) in [6.45, 7) is 3.02. The number of phenolic OH excluding ortho intramolecular Hbond substituents is 1. The molecule has 2 saturated carbocycles. The Morgan fingerprint density at radius 1 is 1.22 bits per heavy atom. The minimum absolute atomic E-state index is 0.104. The van der Waals surface area contributed by atoms with Crippen LogP contribution in [0, 0.1) is 17.3 Å². The number of aliphatic hydroxyl groups is 1. The molecule has 1 aromatic rings. The van der Waals surface area contributed by atoms with Crippen LogP contribution in [0.2, 0.25) is 0 Å². The second-order valence-electron chi connectivity index (χ2n) is 8.22. The third-order valence-corrected chi connectivity index (χ3v) is 7.22. The fourth-order valence-electron chi connectivity index (χ4n) is 6.04. The first-order valence-corrected chi connectivity index (χ1v) is 9.04. The first-order valence-electron chi connectivity index (χ1n) is 9.04. The normalized spacial score (nSPS) is 42.0. The molecule has 6 atom stereocenters. The van der Waals surface area contributed by atoms with Crippen molar-refractivity contribution in [1.82, 2.24) is 0 Å². The molecule has 126 valence electrons. The molecule has 3 nitrogen and oxygen atoms in total. The van der Waals surface area contributed by atoms with E-state index in [9.17, 15) is 10.2 Å². The third-order valence-electron chi connectivity index (χ3n) is 7.22. The molecule has 0 aromatic heterocycles. The lowest BCUT2D eigenvalue weighted by Crippen LogP contribution is -2.44. The van der Waals surface area contributed by atoms with Gasteiger partial charge < -0.3 is 14.9 Å². The predicted octanol–water partition coefficient (Wildman–Crippen LogP) is 3.80. The van der Waals surface area contributed by atoms with Crippen LogP contribution in [0.4, 0.5) is 0 Å². The Morgan fingerprint density at radius 2 is 2.04 bits per heavy atom. The van der Waals surface area contributed by atoms with E-state index in [1.54, 1.807) is 7.11 Å². The SMILES string of the molecule is COC[C@H]1C[C@@H]2[C@H](CC[C@]3(C)[C@@H](O)CC[C@@H]23)c2ccc(O)cc21. The van der Waals surface area contributed by atoms with Gasteiger partial charge in [-0.2, -0.15) is 0 Å². The molecule has 3 aliphatic carbocycles. The molecule has 2 N–H and O–H groups in total. The largest absolute Gasteiger partial charge is 0.508 e. The van der Waals surface area contributed by atoms with Gasteiger partial charge in [0.25, 0.3) is 0 Å². The van der Waals surface area contributed by atoms with Gasteiger partial charge in [-0.05, 0) is 78.5 Å². The minimum atomic E-state index is -0.129. The average molecular weight is 316 g/mol. The van der Waals surface area contributed by atoms with Crippen molar-refractivity contribution < 1.29 is 14.9 Å². The molecule has 1 aromatic carbocycles. The summed E-state index contributed by atoms with van der Waals surface area (Å²) in [7, 11) is 1.76. The summed E-state index contributed by atoms with van der Waals surface area (Å²) in [4.78, 5) is 0. The van der Waals surface area contributed by atoms with Crippen LogP contribution >= 0.6 is 0 Å². The Balaban J connectivity index is 1.74. The molecular formula is C20H28O3. The fraction of sp³-hybridized carbons (Fsp3) is 0.700. The summed E-state index contributed by atoms with van der Waals surface area (Å²) in [6, 6.07) is 5.92. The van der Waals surface area contributed by atoms with Crippen LogP contribution in [-0.4, -0.2) is 30.0 Å². The van der Waals surface area contributed by atoms with Crippen LogP contribution in [0.5, 0.6) is 5.75 Å². The van der Waals surface area contributed by atoms with Crippen molar-refractivity contribution in [3.63, 3.8) is 0 Å². The Morgan fingerprint density at radius 3 is 2.83 bits per heavy atom. The van der Waals surface area contributed by atoms with Crippen LogP contribution in [0.25, 0.3) is 0 Å². The first kappa shape index (κ1) is 15.5. The first-order chi connectivity index (χ1) is 11.0. The van der Waals surface area contributed by atoms with Gasteiger partial charge in [-0.25, -0.2) is 0 Å². The molecule has 2 fully saturated rings. The Labute approximate surface area is 138 Å². The minimum Gasteiger partial charge on any atom is -0.508 e. The Bertz CT molecular complexity index is 599. The molecule has 0 spiro atoms. The van der Waals surface area contributed by atoms with Crippen molar-refractivity contribution in [3.05, 3.63) is 29.3 Å². The van der Waals surface area contributed by atoms with Crippen molar-refractivity contribution in [2.24, 2.45) is 17.3 Å². The summed E-state index contributed by atoms with van der Waals surface area (Å²) in [5.74, 6) is 2.58. The van der Waals surface area contributed by atoms with Gasteiger partial charge in [0.1, 0.15) is 5.75 Å². The zero-order valence-electron chi connectivity index (χ0n) is 14.2.